The van der Waals surface area contributed by atoms with Gasteiger partial charge in [0.2, 0.25) is 0 Å². The average Bonchev–Trinajstić information content (AvgIpc) is 2.21. The van der Waals surface area contributed by atoms with Gasteiger partial charge in [-0.15, -0.1) is 0 Å². The Morgan fingerprint density at radius 1 is 0.800 bits per heavy atom. The lowest BCUT2D eigenvalue weighted by Gasteiger charge is -1.73. The Hall–Kier alpha value is -2.21. The lowest BCUT2D eigenvalue weighted by molar-refractivity contribution is 0.599. The Morgan fingerprint density at radius 2 is 1.07 bits per heavy atom. The summed E-state index contributed by atoms with van der Waals surface area (Å²) in [5.41, 5.74) is 15.0. The van der Waals surface area contributed by atoms with Crippen LogP contribution in [0.4, 0.5) is 0 Å². The molecule has 1 aromatic rings. The summed E-state index contributed by atoms with van der Waals surface area (Å²) in [6, 6.07) is 12.0. The first kappa shape index (κ1) is 12.8. The molecule has 0 radical (unpaired) electrons. The van der Waals surface area contributed by atoms with Crippen LogP contribution in [0.15, 0.2) is 45.4 Å². The zero-order valence-corrected chi connectivity index (χ0v) is 8.19. The number of azide groups is 1. The van der Waals surface area contributed by atoms with Gasteiger partial charge in [0.05, 0.1) is 0 Å². The van der Waals surface area contributed by atoms with Crippen LogP contribution in [0.2, 0.25) is 0 Å². The minimum absolute atomic E-state index is 1.90. The van der Waals surface area contributed by atoms with Gasteiger partial charge in [0.1, 0.15) is 0 Å². The molecule has 0 aliphatic heterocycles. The summed E-state index contributed by atoms with van der Waals surface area (Å²) in [5, 5.41) is 0. The van der Waals surface area contributed by atoms with Crippen LogP contribution < -0.4 is 0 Å². The van der Waals surface area contributed by atoms with E-state index in [4.69, 9.17) is 11.1 Å². The molecule has 0 aromatic heterocycles. The summed E-state index contributed by atoms with van der Waals surface area (Å²) in [6.07, 6.45) is 0. The second-order valence-corrected chi connectivity index (χ2v) is 3.17. The number of benzene rings is 1. The first-order valence-electron chi connectivity index (χ1n) is 3.50. The van der Waals surface area contributed by atoms with Crippen molar-refractivity contribution in [1.82, 2.24) is 0 Å². The molecule has 0 heterocycles. The maximum Gasteiger partial charge on any atom is 0.321 e. The van der Waals surface area contributed by atoms with Crippen molar-refractivity contribution in [3.63, 3.8) is 0 Å². The van der Waals surface area contributed by atoms with Crippen LogP contribution in [-0.2, 0) is 10.2 Å². The number of rotatable bonds is 2. The van der Waals surface area contributed by atoms with E-state index >= 15 is 0 Å². The average molecular weight is 226 g/mol. The van der Waals surface area contributed by atoms with Crippen LogP contribution in [0, 0.1) is 0 Å². The number of hydrogen-bond donors (Lipinski definition) is 0. The van der Waals surface area contributed by atoms with E-state index in [1.807, 2.05) is 46.2 Å². The van der Waals surface area contributed by atoms with Gasteiger partial charge in [-0.25, -0.2) is 8.42 Å². The molecule has 0 saturated heterocycles. The molecule has 0 aliphatic rings. The Kier molecular flexibility index (Phi) is 6.15. The molecular weight excluding hydrogens is 220 g/mol. The highest BCUT2D eigenvalue weighted by Crippen LogP contribution is 1.92. The molecule has 0 fully saturated rings. The van der Waals surface area contributed by atoms with Crippen LogP contribution in [0.25, 0.3) is 20.9 Å². The van der Waals surface area contributed by atoms with Gasteiger partial charge < -0.3 is 0 Å². The SMILES string of the molecule is [N-]=[N+]=NS(=O)(=O)N=[N+]=[N-].c1ccccc1. The smallest absolute Gasteiger partial charge is 0.213 e. The fourth-order valence-corrected chi connectivity index (χ4v) is 0.711. The third kappa shape index (κ3) is 8.13. The molecule has 0 unspecified atom stereocenters. The first-order chi connectivity index (χ1) is 7.12. The van der Waals surface area contributed by atoms with Crippen LogP contribution in [0.3, 0.4) is 0 Å². The predicted octanol–water partition coefficient (Wildman–Crippen LogP) is 2.54. The lowest BCUT2D eigenvalue weighted by atomic mass is 10.4. The van der Waals surface area contributed by atoms with Crippen molar-refractivity contribution in [2.45, 2.75) is 0 Å². The highest BCUT2D eigenvalue weighted by Gasteiger charge is 1.99. The van der Waals surface area contributed by atoms with Crippen molar-refractivity contribution < 1.29 is 8.42 Å². The van der Waals surface area contributed by atoms with E-state index in [0.29, 0.717) is 0 Å². The van der Waals surface area contributed by atoms with Crippen LogP contribution in [0.5, 0.6) is 0 Å². The third-order valence-electron chi connectivity index (χ3n) is 0.946. The van der Waals surface area contributed by atoms with Crippen LogP contribution in [-0.4, -0.2) is 8.42 Å². The molecule has 0 aliphatic carbocycles. The molecule has 0 amide bonds. The minimum atomic E-state index is -4.27. The van der Waals surface area contributed by atoms with Gasteiger partial charge in [-0.05, 0) is 11.1 Å². The molecule has 0 spiro atoms. The molecule has 9 heteroatoms. The van der Waals surface area contributed by atoms with Crippen LogP contribution >= 0.6 is 0 Å². The van der Waals surface area contributed by atoms with Gasteiger partial charge in [0, 0.05) is 18.9 Å². The summed E-state index contributed by atoms with van der Waals surface area (Å²) in [6.45, 7) is 0. The van der Waals surface area contributed by atoms with E-state index in [1.165, 1.54) is 0 Å². The molecule has 8 nitrogen and oxygen atoms in total. The Labute approximate surface area is 85.6 Å². The zero-order valence-electron chi connectivity index (χ0n) is 7.37. The molecule has 78 valence electrons. The van der Waals surface area contributed by atoms with E-state index in [9.17, 15) is 8.42 Å². The molecule has 0 N–H and O–H groups in total. The first-order valence-corrected chi connectivity index (χ1v) is 4.90. The molecule has 0 atom stereocenters. The van der Waals surface area contributed by atoms with Gasteiger partial charge >= 0.3 is 10.2 Å². The second kappa shape index (κ2) is 7.22. The quantitative estimate of drug-likeness (QED) is 0.435. The van der Waals surface area contributed by atoms with Crippen LogP contribution in [0.1, 0.15) is 0 Å². The topological polar surface area (TPSA) is 132 Å². The summed E-state index contributed by atoms with van der Waals surface area (Å²) in [7, 11) is -4.27. The van der Waals surface area contributed by atoms with Gasteiger partial charge in [-0.3, -0.25) is 0 Å². The van der Waals surface area contributed by atoms with Gasteiger partial charge in [-0.2, -0.15) is 0 Å². The highest BCUT2D eigenvalue weighted by atomic mass is 32.2. The molecule has 0 bridgehead atoms. The fourth-order valence-electron chi connectivity index (χ4n) is 0.494. The normalized spacial score (nSPS) is 8.53. The monoisotopic (exact) mass is 226 g/mol. The van der Waals surface area contributed by atoms with Gasteiger partial charge in [0.15, 0.2) is 0 Å². The molecule has 1 rings (SSSR count). The maximum atomic E-state index is 9.99. The predicted molar refractivity (Wildman–Crippen MR) is 53.7 cm³/mol. The summed E-state index contributed by atoms with van der Waals surface area (Å²) < 4.78 is 24.3. The summed E-state index contributed by atoms with van der Waals surface area (Å²) in [4.78, 5) is 3.80. The Balaban J connectivity index is 0.000000280. The third-order valence-corrected chi connectivity index (χ3v) is 1.50. The Bertz CT molecular complexity index is 421. The maximum absolute atomic E-state index is 9.99. The van der Waals surface area contributed by atoms with Crippen molar-refractivity contribution in [2.24, 2.45) is 9.04 Å². The summed E-state index contributed by atoms with van der Waals surface area (Å²) in [5.74, 6) is 0. The van der Waals surface area contributed by atoms with E-state index in [2.05, 4.69) is 9.04 Å². The number of hydrogen-bond acceptors (Lipinski definition) is 2. The van der Waals surface area contributed by atoms with Gasteiger partial charge in [0.25, 0.3) is 0 Å². The fraction of sp³-hybridized carbons (Fsp3) is 0. The van der Waals surface area contributed by atoms with E-state index in [0.717, 1.165) is 0 Å². The largest absolute Gasteiger partial charge is 0.321 e. The van der Waals surface area contributed by atoms with E-state index < -0.39 is 10.2 Å². The standard InChI is InChI=1S/C6H6.N6O2S/c1-2-4-6-5-3-1;1-3-5-9(7,8)6-4-2/h1-6H;. The molecular formula is C6H6N6O2S. The summed E-state index contributed by atoms with van der Waals surface area (Å²) >= 11 is 0. The van der Waals surface area contributed by atoms with Crippen molar-refractivity contribution >= 4 is 10.2 Å². The highest BCUT2D eigenvalue weighted by molar-refractivity contribution is 7.88. The van der Waals surface area contributed by atoms with Crippen molar-refractivity contribution in [1.29, 1.82) is 0 Å². The molecule has 0 saturated carbocycles. The van der Waals surface area contributed by atoms with Gasteiger partial charge in [-0.1, -0.05) is 36.4 Å². The lowest BCUT2D eigenvalue weighted by Crippen LogP contribution is -1.82. The number of nitrogens with zero attached hydrogens (tertiary/aromatic N) is 6. The zero-order chi connectivity index (χ0) is 11.6. The van der Waals surface area contributed by atoms with E-state index in [-0.39, 0.29) is 0 Å². The molecule has 15 heavy (non-hydrogen) atoms. The second-order valence-electron chi connectivity index (χ2n) is 1.94. The van der Waals surface area contributed by atoms with E-state index in [1.54, 1.807) is 0 Å². The molecule has 1 aromatic carbocycles. The van der Waals surface area contributed by atoms with Crippen molar-refractivity contribution in [2.75, 3.05) is 0 Å². The Morgan fingerprint density at radius 3 is 1.27 bits per heavy atom. The van der Waals surface area contributed by atoms with Crippen molar-refractivity contribution in [3.05, 3.63) is 57.3 Å². The van der Waals surface area contributed by atoms with Crippen molar-refractivity contribution in [3.8, 4) is 0 Å². The minimum Gasteiger partial charge on any atom is -0.213 e.